The van der Waals surface area contributed by atoms with E-state index in [1.807, 2.05) is 25.1 Å². The third-order valence-electron chi connectivity index (χ3n) is 6.47. The summed E-state index contributed by atoms with van der Waals surface area (Å²) in [6.07, 6.45) is 0.0917. The molecule has 0 saturated carbocycles. The number of rotatable bonds is 5. The van der Waals surface area contributed by atoms with E-state index >= 15 is 0 Å². The van der Waals surface area contributed by atoms with E-state index in [2.05, 4.69) is 25.4 Å². The van der Waals surface area contributed by atoms with Gasteiger partial charge >= 0.3 is 0 Å². The van der Waals surface area contributed by atoms with Gasteiger partial charge in [0, 0.05) is 12.0 Å². The van der Waals surface area contributed by atoms with Crippen LogP contribution in [0.25, 0.3) is 27.2 Å². The number of hydrogen-bond acceptors (Lipinski definition) is 9. The van der Waals surface area contributed by atoms with Crippen LogP contribution in [-0.4, -0.2) is 63.8 Å². The highest BCUT2D eigenvalue weighted by atomic mass is 32.1. The SMILES string of the molecule is Cc1nc2ccc(-n3ncnc3[C@H]3C[C@@H](n4cc(-c5cc(F)c(F)c(F)c5)nn4)[C@@H](O)[C@@H](CO)O3)cc2s1. The topological polar surface area (TPSA) is 124 Å². The number of hydrogen-bond donors (Lipinski definition) is 2. The number of aliphatic hydroxyl groups is 2. The third-order valence-corrected chi connectivity index (χ3v) is 7.40. The average Bonchev–Trinajstić information content (AvgIpc) is 3.65. The Morgan fingerprint density at radius 1 is 1.16 bits per heavy atom. The number of nitrogens with zero attached hydrogens (tertiary/aromatic N) is 7. The van der Waals surface area contributed by atoms with Crippen LogP contribution in [0.4, 0.5) is 13.2 Å². The molecule has 2 N–H and O–H groups in total. The molecule has 2 aromatic carbocycles. The van der Waals surface area contributed by atoms with Crippen LogP contribution < -0.4 is 0 Å². The zero-order valence-electron chi connectivity index (χ0n) is 19.7. The van der Waals surface area contributed by atoms with Crippen LogP contribution >= 0.6 is 11.3 Å². The fraction of sp³-hybridized carbons (Fsp3) is 0.292. The summed E-state index contributed by atoms with van der Waals surface area (Å²) < 4.78 is 50.8. The zero-order valence-corrected chi connectivity index (χ0v) is 20.6. The van der Waals surface area contributed by atoms with Crippen LogP contribution in [0.2, 0.25) is 0 Å². The van der Waals surface area contributed by atoms with Gasteiger partial charge in [0.1, 0.15) is 30.3 Å². The first kappa shape index (κ1) is 24.6. The molecule has 4 atom stereocenters. The van der Waals surface area contributed by atoms with E-state index in [-0.39, 0.29) is 17.7 Å². The van der Waals surface area contributed by atoms with Crippen LogP contribution in [-0.2, 0) is 4.74 Å². The largest absolute Gasteiger partial charge is 0.394 e. The van der Waals surface area contributed by atoms with Gasteiger partial charge in [0.2, 0.25) is 0 Å². The van der Waals surface area contributed by atoms with Crippen molar-refractivity contribution in [3.63, 3.8) is 0 Å². The fourth-order valence-corrected chi connectivity index (χ4v) is 5.50. The van der Waals surface area contributed by atoms with Crippen molar-refractivity contribution in [1.29, 1.82) is 0 Å². The fourth-order valence-electron chi connectivity index (χ4n) is 4.64. The Hall–Kier alpha value is -3.72. The number of aromatic nitrogens is 7. The van der Waals surface area contributed by atoms with E-state index < -0.39 is 48.4 Å². The van der Waals surface area contributed by atoms with Gasteiger partial charge in [-0.3, -0.25) is 0 Å². The summed E-state index contributed by atoms with van der Waals surface area (Å²) >= 11 is 1.55. The lowest BCUT2D eigenvalue weighted by molar-refractivity contribution is -0.161. The van der Waals surface area contributed by atoms with Crippen molar-refractivity contribution in [2.24, 2.45) is 0 Å². The van der Waals surface area contributed by atoms with E-state index in [1.54, 1.807) is 16.0 Å². The maximum Gasteiger partial charge on any atom is 0.194 e. The highest BCUT2D eigenvalue weighted by Gasteiger charge is 2.41. The Morgan fingerprint density at radius 2 is 1.95 bits per heavy atom. The number of thiazole rings is 1. The molecule has 196 valence electrons. The number of aliphatic hydroxyl groups excluding tert-OH is 2. The minimum absolute atomic E-state index is 0.0158. The molecule has 6 rings (SSSR count). The number of halogens is 3. The normalized spacial score (nSPS) is 21.8. The molecular weight excluding hydrogens is 523 g/mol. The molecule has 0 amide bonds. The van der Waals surface area contributed by atoms with E-state index in [1.165, 1.54) is 17.2 Å². The molecule has 0 bridgehead atoms. The van der Waals surface area contributed by atoms with Gasteiger partial charge < -0.3 is 14.9 Å². The molecule has 0 radical (unpaired) electrons. The Balaban J connectivity index is 1.33. The Kier molecular flexibility index (Phi) is 6.18. The summed E-state index contributed by atoms with van der Waals surface area (Å²) in [6.45, 7) is 1.45. The first-order chi connectivity index (χ1) is 18.3. The molecule has 14 heteroatoms. The Bertz CT molecular complexity index is 1610. The molecule has 0 unspecified atom stereocenters. The average molecular weight is 544 g/mol. The van der Waals surface area contributed by atoms with Crippen molar-refractivity contribution in [2.45, 2.75) is 37.7 Å². The maximum absolute atomic E-state index is 13.7. The summed E-state index contributed by atoms with van der Waals surface area (Å²) in [5, 5.41) is 34.1. The summed E-state index contributed by atoms with van der Waals surface area (Å²) in [7, 11) is 0. The van der Waals surface area contributed by atoms with Gasteiger partial charge in [-0.15, -0.1) is 16.4 Å². The second-order valence-electron chi connectivity index (χ2n) is 8.89. The van der Waals surface area contributed by atoms with Gasteiger partial charge in [-0.25, -0.2) is 32.5 Å². The van der Waals surface area contributed by atoms with Crippen molar-refractivity contribution in [1.82, 2.24) is 34.7 Å². The number of aryl methyl sites for hydroxylation is 1. The summed E-state index contributed by atoms with van der Waals surface area (Å²) in [4.78, 5) is 8.87. The Labute approximate surface area is 217 Å². The van der Waals surface area contributed by atoms with Crippen molar-refractivity contribution in [2.75, 3.05) is 6.61 Å². The van der Waals surface area contributed by atoms with Gasteiger partial charge in [-0.1, -0.05) is 5.21 Å². The first-order valence-corrected chi connectivity index (χ1v) is 12.4. The van der Waals surface area contributed by atoms with Crippen molar-refractivity contribution < 1.29 is 28.1 Å². The molecule has 10 nitrogen and oxygen atoms in total. The molecule has 38 heavy (non-hydrogen) atoms. The number of ether oxygens (including phenoxy) is 1. The summed E-state index contributed by atoms with van der Waals surface area (Å²) in [6, 6.07) is 6.60. The predicted molar refractivity (Wildman–Crippen MR) is 129 cm³/mol. The van der Waals surface area contributed by atoms with Gasteiger partial charge in [-0.2, -0.15) is 5.10 Å². The molecule has 0 spiro atoms. The molecule has 5 aromatic rings. The molecule has 3 aromatic heterocycles. The van der Waals surface area contributed by atoms with E-state index in [0.717, 1.165) is 33.0 Å². The minimum atomic E-state index is -1.58. The number of fused-ring (bicyclic) bond motifs is 1. The standard InChI is InChI=1S/C24H20F3N7O3S/c1-11-30-16-3-2-13(6-21(16)38-11)34-24(28-10-29-34)19-7-18(23(36)20(9-35)37-19)33-8-17(31-32-33)12-4-14(25)22(27)15(26)5-12/h2-6,8,10,18-20,23,35-36H,7,9H2,1H3/t18-,19-,20-,23-/m1/s1. The van der Waals surface area contributed by atoms with Crippen LogP contribution in [0.5, 0.6) is 0 Å². The zero-order chi connectivity index (χ0) is 26.6. The van der Waals surface area contributed by atoms with Gasteiger partial charge in [0.25, 0.3) is 0 Å². The lowest BCUT2D eigenvalue weighted by atomic mass is 9.95. The van der Waals surface area contributed by atoms with Gasteiger partial charge in [0.05, 0.1) is 39.8 Å². The van der Waals surface area contributed by atoms with E-state index in [9.17, 15) is 23.4 Å². The quantitative estimate of drug-likeness (QED) is 0.324. The van der Waals surface area contributed by atoms with Crippen LogP contribution in [0.1, 0.15) is 29.4 Å². The second kappa shape index (κ2) is 9.54. The lowest BCUT2D eigenvalue weighted by Crippen LogP contribution is -2.45. The molecule has 0 aliphatic carbocycles. The minimum Gasteiger partial charge on any atom is -0.394 e. The molecule has 1 aliphatic heterocycles. The van der Waals surface area contributed by atoms with Crippen LogP contribution in [0.15, 0.2) is 42.9 Å². The Morgan fingerprint density at radius 3 is 2.71 bits per heavy atom. The highest BCUT2D eigenvalue weighted by molar-refractivity contribution is 7.18. The molecule has 1 aliphatic rings. The van der Waals surface area contributed by atoms with E-state index in [0.29, 0.717) is 5.82 Å². The van der Waals surface area contributed by atoms with Crippen molar-refractivity contribution in [3.05, 3.63) is 71.1 Å². The first-order valence-electron chi connectivity index (χ1n) is 11.6. The predicted octanol–water partition coefficient (Wildman–Crippen LogP) is 3.29. The molecule has 4 heterocycles. The molecule has 1 fully saturated rings. The van der Waals surface area contributed by atoms with Gasteiger partial charge in [0.15, 0.2) is 23.3 Å². The van der Waals surface area contributed by atoms with Crippen molar-refractivity contribution >= 4 is 21.6 Å². The maximum atomic E-state index is 13.7. The highest BCUT2D eigenvalue weighted by Crippen LogP contribution is 2.38. The third kappa shape index (κ3) is 4.24. The molecule has 1 saturated heterocycles. The van der Waals surface area contributed by atoms with Crippen molar-refractivity contribution in [3.8, 4) is 16.9 Å². The van der Waals surface area contributed by atoms with Crippen LogP contribution in [0, 0.1) is 24.4 Å². The smallest absolute Gasteiger partial charge is 0.194 e. The van der Waals surface area contributed by atoms with Gasteiger partial charge in [-0.05, 0) is 37.3 Å². The molecular formula is C24H20F3N7O3S. The monoisotopic (exact) mass is 543 g/mol. The lowest BCUT2D eigenvalue weighted by Gasteiger charge is -2.38. The summed E-state index contributed by atoms with van der Waals surface area (Å²) in [5.41, 5.74) is 1.68. The second-order valence-corrected chi connectivity index (χ2v) is 10.1. The van der Waals surface area contributed by atoms with E-state index in [4.69, 9.17) is 4.74 Å². The van der Waals surface area contributed by atoms with Crippen LogP contribution in [0.3, 0.4) is 0 Å². The number of benzene rings is 2. The summed E-state index contributed by atoms with van der Waals surface area (Å²) in [5.74, 6) is -3.84.